The van der Waals surface area contributed by atoms with Crippen molar-refractivity contribution < 1.29 is 13.6 Å². The first kappa shape index (κ1) is 13.4. The van der Waals surface area contributed by atoms with Crippen LogP contribution in [0.25, 0.3) is 0 Å². The lowest BCUT2D eigenvalue weighted by Crippen LogP contribution is -2.18. The SMILES string of the molecule is COP(=O)(OC)c1ccnc(C(C)(C)C)c1. The van der Waals surface area contributed by atoms with Gasteiger partial charge in [0.2, 0.25) is 0 Å². The first-order chi connectivity index (χ1) is 7.33. The van der Waals surface area contributed by atoms with E-state index in [-0.39, 0.29) is 5.41 Å². The van der Waals surface area contributed by atoms with E-state index >= 15 is 0 Å². The van der Waals surface area contributed by atoms with Crippen molar-refractivity contribution in [1.29, 1.82) is 0 Å². The minimum atomic E-state index is -3.17. The van der Waals surface area contributed by atoms with E-state index in [1.807, 2.05) is 20.8 Å². The Balaban J connectivity index is 3.23. The fraction of sp³-hybridized carbons (Fsp3) is 0.545. The second-order valence-electron chi connectivity index (χ2n) is 4.51. The van der Waals surface area contributed by atoms with E-state index in [0.717, 1.165) is 5.69 Å². The highest BCUT2D eigenvalue weighted by Gasteiger charge is 2.26. The Morgan fingerprint density at radius 3 is 2.25 bits per heavy atom. The van der Waals surface area contributed by atoms with E-state index in [1.165, 1.54) is 14.2 Å². The third-order valence-electron chi connectivity index (χ3n) is 2.31. The van der Waals surface area contributed by atoms with Crippen molar-refractivity contribution in [3.8, 4) is 0 Å². The molecule has 1 rings (SSSR count). The van der Waals surface area contributed by atoms with Crippen LogP contribution < -0.4 is 5.30 Å². The van der Waals surface area contributed by atoms with Gasteiger partial charge in [0.25, 0.3) is 0 Å². The summed E-state index contributed by atoms with van der Waals surface area (Å²) < 4.78 is 22.1. The largest absolute Gasteiger partial charge is 0.360 e. The Kier molecular flexibility index (Phi) is 3.89. The highest BCUT2D eigenvalue weighted by Crippen LogP contribution is 2.45. The summed E-state index contributed by atoms with van der Waals surface area (Å²) in [5.74, 6) is 0. The predicted octanol–water partition coefficient (Wildman–Crippen LogP) is 2.49. The van der Waals surface area contributed by atoms with Gasteiger partial charge in [-0.15, -0.1) is 0 Å². The first-order valence-electron chi connectivity index (χ1n) is 5.02. The molecule has 1 aromatic rings. The topological polar surface area (TPSA) is 48.4 Å². The van der Waals surface area contributed by atoms with Gasteiger partial charge in [-0.2, -0.15) is 0 Å². The van der Waals surface area contributed by atoms with Crippen LogP contribution in [0.3, 0.4) is 0 Å². The number of hydrogen-bond donors (Lipinski definition) is 0. The van der Waals surface area contributed by atoms with Crippen LogP contribution in [-0.4, -0.2) is 19.2 Å². The molecule has 90 valence electrons. The van der Waals surface area contributed by atoms with Gasteiger partial charge < -0.3 is 9.05 Å². The number of nitrogens with zero attached hydrogens (tertiary/aromatic N) is 1. The first-order valence-corrected chi connectivity index (χ1v) is 6.56. The van der Waals surface area contributed by atoms with Gasteiger partial charge in [0.15, 0.2) is 0 Å². The lowest BCUT2D eigenvalue weighted by Gasteiger charge is -2.20. The molecule has 0 amide bonds. The van der Waals surface area contributed by atoms with Crippen molar-refractivity contribution in [3.05, 3.63) is 24.0 Å². The summed E-state index contributed by atoms with van der Waals surface area (Å²) in [5.41, 5.74) is 0.766. The number of rotatable bonds is 3. The van der Waals surface area contributed by atoms with E-state index in [4.69, 9.17) is 9.05 Å². The van der Waals surface area contributed by atoms with Crippen LogP contribution in [-0.2, 0) is 19.0 Å². The van der Waals surface area contributed by atoms with Crippen LogP contribution in [0.5, 0.6) is 0 Å². The molecule has 0 aliphatic rings. The summed E-state index contributed by atoms with van der Waals surface area (Å²) in [4.78, 5) is 4.26. The van der Waals surface area contributed by atoms with Gasteiger partial charge in [-0.05, 0) is 12.1 Å². The molecule has 1 heterocycles. The van der Waals surface area contributed by atoms with Crippen molar-refractivity contribution in [2.24, 2.45) is 0 Å². The lowest BCUT2D eigenvalue weighted by atomic mass is 9.92. The molecule has 0 spiro atoms. The third kappa shape index (κ3) is 2.70. The minimum Gasteiger partial charge on any atom is -0.309 e. The molecule has 0 saturated carbocycles. The molecule has 0 unspecified atom stereocenters. The zero-order chi connectivity index (χ0) is 12.4. The highest BCUT2D eigenvalue weighted by atomic mass is 31.2. The smallest absolute Gasteiger partial charge is 0.309 e. The fourth-order valence-corrected chi connectivity index (χ4v) is 2.39. The molecule has 0 bridgehead atoms. The zero-order valence-electron chi connectivity index (χ0n) is 10.4. The molecule has 0 saturated heterocycles. The normalized spacial score (nSPS) is 12.8. The maximum Gasteiger partial charge on any atom is 0.360 e. The standard InChI is InChI=1S/C11H18NO3P/c1-11(2,3)10-8-9(6-7-12-10)16(13,14-4)15-5/h6-8H,1-5H3. The van der Waals surface area contributed by atoms with Crippen molar-refractivity contribution in [2.75, 3.05) is 14.2 Å². The van der Waals surface area contributed by atoms with Crippen molar-refractivity contribution in [2.45, 2.75) is 26.2 Å². The third-order valence-corrected chi connectivity index (χ3v) is 4.18. The summed E-state index contributed by atoms with van der Waals surface area (Å²) in [6, 6.07) is 3.43. The number of pyridine rings is 1. The summed E-state index contributed by atoms with van der Waals surface area (Å²) >= 11 is 0. The maximum absolute atomic E-state index is 12.2. The van der Waals surface area contributed by atoms with Crippen molar-refractivity contribution in [3.63, 3.8) is 0 Å². The molecule has 0 aromatic carbocycles. The van der Waals surface area contributed by atoms with Crippen LogP contribution >= 0.6 is 7.60 Å². The summed E-state index contributed by atoms with van der Waals surface area (Å²) in [5, 5.41) is 0.539. The molecule has 5 heteroatoms. The van der Waals surface area contributed by atoms with E-state index in [1.54, 1.807) is 18.3 Å². The molecule has 0 aliphatic heterocycles. The van der Waals surface area contributed by atoms with Crippen LogP contribution in [0.2, 0.25) is 0 Å². The second-order valence-corrected chi connectivity index (χ2v) is 6.75. The number of hydrogen-bond acceptors (Lipinski definition) is 4. The lowest BCUT2D eigenvalue weighted by molar-refractivity contribution is 0.287. The van der Waals surface area contributed by atoms with Crippen molar-refractivity contribution >= 4 is 12.9 Å². The van der Waals surface area contributed by atoms with Gasteiger partial charge in [0.1, 0.15) is 0 Å². The molecule has 4 nitrogen and oxygen atoms in total. The van der Waals surface area contributed by atoms with Crippen molar-refractivity contribution in [1.82, 2.24) is 4.98 Å². The molecular weight excluding hydrogens is 225 g/mol. The minimum absolute atomic E-state index is 0.0949. The van der Waals surface area contributed by atoms with E-state index in [0.29, 0.717) is 5.30 Å². The second kappa shape index (κ2) is 4.66. The number of aromatic nitrogens is 1. The van der Waals surface area contributed by atoms with Crippen LogP contribution in [0.4, 0.5) is 0 Å². The average molecular weight is 243 g/mol. The quantitative estimate of drug-likeness (QED) is 0.765. The predicted molar refractivity (Wildman–Crippen MR) is 64.2 cm³/mol. The molecular formula is C11H18NO3P. The molecule has 0 radical (unpaired) electrons. The van der Waals surface area contributed by atoms with E-state index in [2.05, 4.69) is 4.98 Å². The molecule has 0 N–H and O–H groups in total. The molecule has 0 fully saturated rings. The monoisotopic (exact) mass is 243 g/mol. The maximum atomic E-state index is 12.2. The summed E-state index contributed by atoms with van der Waals surface area (Å²) in [6.45, 7) is 6.14. The zero-order valence-corrected chi connectivity index (χ0v) is 11.2. The van der Waals surface area contributed by atoms with Crippen LogP contribution in [0.15, 0.2) is 18.3 Å². The van der Waals surface area contributed by atoms with Gasteiger partial charge in [0.05, 0.1) is 5.30 Å². The van der Waals surface area contributed by atoms with Gasteiger partial charge in [-0.25, -0.2) is 0 Å². The van der Waals surface area contributed by atoms with Gasteiger partial charge in [-0.1, -0.05) is 20.8 Å². The van der Waals surface area contributed by atoms with E-state index < -0.39 is 7.60 Å². The summed E-state index contributed by atoms with van der Waals surface area (Å²) in [7, 11) is -0.417. The summed E-state index contributed by atoms with van der Waals surface area (Å²) in [6.07, 6.45) is 1.63. The molecule has 16 heavy (non-hydrogen) atoms. The van der Waals surface area contributed by atoms with Gasteiger partial charge >= 0.3 is 7.60 Å². The Morgan fingerprint density at radius 2 is 1.81 bits per heavy atom. The van der Waals surface area contributed by atoms with Gasteiger partial charge in [-0.3, -0.25) is 9.55 Å². The van der Waals surface area contributed by atoms with Crippen LogP contribution in [0, 0.1) is 0 Å². The van der Waals surface area contributed by atoms with E-state index in [9.17, 15) is 4.57 Å². The Morgan fingerprint density at radius 1 is 1.25 bits per heavy atom. The molecule has 0 aliphatic carbocycles. The Hall–Kier alpha value is -0.700. The molecule has 0 atom stereocenters. The Bertz CT molecular complexity index is 404. The molecule has 1 aromatic heterocycles. The van der Waals surface area contributed by atoms with Crippen LogP contribution in [0.1, 0.15) is 26.5 Å². The average Bonchev–Trinajstić information content (AvgIpc) is 2.27. The Labute approximate surface area is 96.5 Å². The highest BCUT2D eigenvalue weighted by molar-refractivity contribution is 7.62. The van der Waals surface area contributed by atoms with Gasteiger partial charge in [0, 0.05) is 31.5 Å². The fourth-order valence-electron chi connectivity index (χ4n) is 1.29.